The minimum absolute atomic E-state index is 0. The van der Waals surface area contributed by atoms with Crippen molar-refractivity contribution in [2.45, 2.75) is 6.92 Å². The molecule has 19 heavy (non-hydrogen) atoms. The lowest BCUT2D eigenvalue weighted by atomic mass is 10.0. The highest BCUT2D eigenvalue weighted by Gasteiger charge is 2.16. The smallest absolute Gasteiger partial charge is 0.339 e. The number of esters is 1. The van der Waals surface area contributed by atoms with Crippen molar-refractivity contribution in [3.8, 4) is 11.1 Å². The first-order chi connectivity index (χ1) is 8.72. The average molecular weight is 369 g/mol. The molecule has 3 nitrogen and oxygen atoms in total. The first-order valence-electron chi connectivity index (χ1n) is 5.94. The number of ether oxygens (including phenoxy) is 1. The van der Waals surface area contributed by atoms with E-state index in [0.717, 1.165) is 11.1 Å². The number of benzene rings is 1. The fourth-order valence-electron chi connectivity index (χ4n) is 1.83. The fraction of sp³-hybridized carbons (Fsp3) is 0.200. The van der Waals surface area contributed by atoms with Crippen molar-refractivity contribution in [1.82, 2.24) is 0 Å². The Hall–Kier alpha value is -1.43. The van der Waals surface area contributed by atoms with Crippen molar-refractivity contribution in [3.63, 3.8) is 0 Å². The standard InChI is InChI=1S/C15H16NO2.HI/c1-3-18-15(17)13-9-10-16(2)11-14(13)12-7-5-4-6-8-12;/h4-11H,3H2,1-2H3;1H/q+1;/p-1. The monoisotopic (exact) mass is 369 g/mol. The second-order valence-corrected chi connectivity index (χ2v) is 4.02. The van der Waals surface area contributed by atoms with Crippen molar-refractivity contribution < 1.29 is 38.1 Å². The van der Waals surface area contributed by atoms with E-state index >= 15 is 0 Å². The van der Waals surface area contributed by atoms with E-state index in [4.69, 9.17) is 4.74 Å². The topological polar surface area (TPSA) is 30.2 Å². The quantitative estimate of drug-likeness (QED) is 0.410. The van der Waals surface area contributed by atoms with Crippen LogP contribution in [-0.4, -0.2) is 12.6 Å². The van der Waals surface area contributed by atoms with Gasteiger partial charge in [-0.25, -0.2) is 9.36 Å². The zero-order chi connectivity index (χ0) is 13.0. The van der Waals surface area contributed by atoms with Crippen LogP contribution in [0.1, 0.15) is 17.3 Å². The van der Waals surface area contributed by atoms with Gasteiger partial charge in [0.2, 0.25) is 0 Å². The Kier molecular flexibility index (Phi) is 5.95. The molecule has 0 amide bonds. The van der Waals surface area contributed by atoms with Crippen LogP contribution in [-0.2, 0) is 11.8 Å². The van der Waals surface area contributed by atoms with Gasteiger partial charge in [0, 0.05) is 6.07 Å². The maximum atomic E-state index is 11.9. The molecule has 1 aromatic heterocycles. The van der Waals surface area contributed by atoms with Crippen molar-refractivity contribution in [1.29, 1.82) is 0 Å². The van der Waals surface area contributed by atoms with Crippen LogP contribution in [0.5, 0.6) is 0 Å². The summed E-state index contributed by atoms with van der Waals surface area (Å²) < 4.78 is 7.00. The van der Waals surface area contributed by atoms with Crippen LogP contribution in [0.25, 0.3) is 11.1 Å². The van der Waals surface area contributed by atoms with Gasteiger partial charge in [-0.3, -0.25) is 0 Å². The Balaban J connectivity index is 0.00000180. The molecule has 0 saturated heterocycles. The van der Waals surface area contributed by atoms with Crippen LogP contribution in [0.2, 0.25) is 0 Å². The third-order valence-corrected chi connectivity index (χ3v) is 2.68. The van der Waals surface area contributed by atoms with Gasteiger partial charge in [-0.05, 0) is 12.5 Å². The van der Waals surface area contributed by atoms with Crippen LogP contribution in [0.15, 0.2) is 48.8 Å². The molecule has 0 radical (unpaired) electrons. The first kappa shape index (κ1) is 15.6. The maximum Gasteiger partial charge on any atom is 0.339 e. The van der Waals surface area contributed by atoms with Crippen molar-refractivity contribution in [2.24, 2.45) is 7.05 Å². The molecule has 0 aliphatic carbocycles. The second-order valence-electron chi connectivity index (χ2n) is 4.02. The number of carbonyl (C=O) groups is 1. The van der Waals surface area contributed by atoms with E-state index in [-0.39, 0.29) is 29.9 Å². The summed E-state index contributed by atoms with van der Waals surface area (Å²) in [5, 5.41) is 0. The number of carbonyl (C=O) groups excluding carboxylic acids is 1. The molecular weight excluding hydrogens is 353 g/mol. The average Bonchev–Trinajstić information content (AvgIpc) is 2.40. The molecule has 0 bridgehead atoms. The maximum absolute atomic E-state index is 11.9. The molecule has 0 N–H and O–H groups in total. The highest BCUT2D eigenvalue weighted by Crippen LogP contribution is 2.22. The van der Waals surface area contributed by atoms with E-state index < -0.39 is 0 Å². The molecule has 0 spiro atoms. The van der Waals surface area contributed by atoms with Crippen LogP contribution in [0, 0.1) is 0 Å². The normalized spacial score (nSPS) is 9.58. The first-order valence-corrected chi connectivity index (χ1v) is 5.94. The molecule has 2 aromatic rings. The fourth-order valence-corrected chi connectivity index (χ4v) is 1.83. The number of hydrogen-bond acceptors (Lipinski definition) is 2. The highest BCUT2D eigenvalue weighted by molar-refractivity contribution is 5.96. The molecule has 1 aromatic carbocycles. The Morgan fingerprint density at radius 2 is 1.89 bits per heavy atom. The van der Waals surface area contributed by atoms with Gasteiger partial charge < -0.3 is 28.7 Å². The number of aromatic nitrogens is 1. The van der Waals surface area contributed by atoms with E-state index in [0.29, 0.717) is 12.2 Å². The summed E-state index contributed by atoms with van der Waals surface area (Å²) in [5.74, 6) is -0.281. The third-order valence-electron chi connectivity index (χ3n) is 2.68. The van der Waals surface area contributed by atoms with E-state index in [2.05, 4.69) is 0 Å². The zero-order valence-corrected chi connectivity index (χ0v) is 13.1. The predicted molar refractivity (Wildman–Crippen MR) is 69.0 cm³/mol. The summed E-state index contributed by atoms with van der Waals surface area (Å²) >= 11 is 0. The SMILES string of the molecule is CCOC(=O)c1cc[n+](C)cc1-c1ccccc1.[I-]. The number of aryl methyl sites for hydroxylation is 1. The summed E-state index contributed by atoms with van der Waals surface area (Å²) in [6.45, 7) is 2.19. The highest BCUT2D eigenvalue weighted by atomic mass is 127. The van der Waals surface area contributed by atoms with Crippen LogP contribution < -0.4 is 28.5 Å². The third kappa shape index (κ3) is 3.76. The van der Waals surface area contributed by atoms with Gasteiger partial charge in [0.25, 0.3) is 0 Å². The lowest BCUT2D eigenvalue weighted by Gasteiger charge is -2.07. The summed E-state index contributed by atoms with van der Waals surface area (Å²) in [4.78, 5) is 11.9. The minimum Gasteiger partial charge on any atom is -1.00 e. The Morgan fingerprint density at radius 1 is 1.21 bits per heavy atom. The molecule has 100 valence electrons. The van der Waals surface area contributed by atoms with Crippen LogP contribution in [0.3, 0.4) is 0 Å². The summed E-state index contributed by atoms with van der Waals surface area (Å²) in [6.07, 6.45) is 3.78. The van der Waals surface area contributed by atoms with Gasteiger partial charge >= 0.3 is 5.97 Å². The molecular formula is C15H16INO2. The van der Waals surface area contributed by atoms with Crippen LogP contribution >= 0.6 is 0 Å². The second kappa shape index (κ2) is 7.23. The van der Waals surface area contributed by atoms with Crippen molar-refractivity contribution >= 4 is 5.97 Å². The molecule has 0 fully saturated rings. The molecule has 4 heteroatoms. The van der Waals surface area contributed by atoms with E-state index in [1.807, 2.05) is 61.3 Å². The van der Waals surface area contributed by atoms with E-state index in [1.165, 1.54) is 0 Å². The Labute approximate surface area is 130 Å². The van der Waals surface area contributed by atoms with Crippen molar-refractivity contribution in [3.05, 3.63) is 54.4 Å². The van der Waals surface area contributed by atoms with Gasteiger partial charge in [-0.2, -0.15) is 0 Å². The molecule has 1 heterocycles. The van der Waals surface area contributed by atoms with E-state index in [9.17, 15) is 4.79 Å². The predicted octanol–water partition coefficient (Wildman–Crippen LogP) is -0.641. The molecule has 0 atom stereocenters. The van der Waals surface area contributed by atoms with E-state index in [1.54, 1.807) is 6.07 Å². The largest absolute Gasteiger partial charge is 1.00 e. The Morgan fingerprint density at radius 3 is 2.53 bits per heavy atom. The zero-order valence-electron chi connectivity index (χ0n) is 11.0. The molecule has 0 aliphatic rings. The van der Waals surface area contributed by atoms with Crippen LogP contribution in [0.4, 0.5) is 0 Å². The lowest BCUT2D eigenvalue weighted by molar-refractivity contribution is -0.671. The van der Waals surface area contributed by atoms with Gasteiger partial charge in [0.1, 0.15) is 7.05 Å². The number of nitrogens with zero attached hydrogens (tertiary/aromatic N) is 1. The molecule has 0 unspecified atom stereocenters. The summed E-state index contributed by atoms with van der Waals surface area (Å²) in [5.41, 5.74) is 2.50. The number of rotatable bonds is 3. The van der Waals surface area contributed by atoms with Crippen molar-refractivity contribution in [2.75, 3.05) is 6.61 Å². The number of hydrogen-bond donors (Lipinski definition) is 0. The van der Waals surface area contributed by atoms with Gasteiger partial charge in [-0.15, -0.1) is 0 Å². The number of pyridine rings is 1. The summed E-state index contributed by atoms with van der Waals surface area (Å²) in [7, 11) is 1.93. The van der Waals surface area contributed by atoms with Gasteiger partial charge in [0.15, 0.2) is 12.4 Å². The Bertz CT molecular complexity index is 555. The minimum atomic E-state index is -0.281. The van der Waals surface area contributed by atoms with Gasteiger partial charge in [0.05, 0.1) is 17.7 Å². The molecule has 2 rings (SSSR count). The number of halogens is 1. The molecule has 0 saturated carbocycles. The summed E-state index contributed by atoms with van der Waals surface area (Å²) in [6, 6.07) is 11.6. The van der Waals surface area contributed by atoms with Gasteiger partial charge in [-0.1, -0.05) is 30.3 Å². The lowest BCUT2D eigenvalue weighted by Crippen LogP contribution is -3.00. The molecule has 0 aliphatic heterocycles.